The van der Waals surface area contributed by atoms with E-state index in [1.54, 1.807) is 0 Å². The summed E-state index contributed by atoms with van der Waals surface area (Å²) in [5.74, 6) is -0.163. The van der Waals surface area contributed by atoms with Crippen molar-refractivity contribution in [2.45, 2.75) is 51.7 Å². The maximum Gasteiger partial charge on any atom is 0.323 e. The lowest BCUT2D eigenvalue weighted by Gasteiger charge is -2.27. The fourth-order valence-corrected chi connectivity index (χ4v) is 1.99. The predicted molar refractivity (Wildman–Crippen MR) is 61.0 cm³/mol. The smallest absolute Gasteiger partial charge is 0.323 e. The Labute approximate surface area is 96.9 Å². The van der Waals surface area contributed by atoms with Crippen LogP contribution in [0.25, 0.3) is 0 Å². The Morgan fingerprint density at radius 1 is 1.50 bits per heavy atom. The number of hydrogen-bond acceptors (Lipinski definition) is 3. The van der Waals surface area contributed by atoms with Gasteiger partial charge in [-0.2, -0.15) is 0 Å². The Bertz CT molecular complexity index is 238. The summed E-state index contributed by atoms with van der Waals surface area (Å²) >= 11 is 0. The number of hydrogen-bond donors (Lipinski definition) is 0. The number of carbonyl (C=O) groups is 1. The molecule has 0 aromatic heterocycles. The third kappa shape index (κ3) is 4.08. The lowest BCUT2D eigenvalue weighted by Crippen LogP contribution is -2.41. The van der Waals surface area contributed by atoms with Crippen molar-refractivity contribution in [3.63, 3.8) is 0 Å². The van der Waals surface area contributed by atoms with Gasteiger partial charge in [0.2, 0.25) is 0 Å². The molecule has 0 amide bonds. The number of likely N-dealkylation sites (tertiary alicyclic amines) is 1. The zero-order chi connectivity index (χ0) is 12.2. The molecule has 0 radical (unpaired) electrons. The lowest BCUT2D eigenvalue weighted by molar-refractivity contribution is -0.160. The number of alkyl halides is 1. The molecule has 0 spiro atoms. The molecule has 0 bridgehead atoms. The topological polar surface area (TPSA) is 29.5 Å². The minimum atomic E-state index is -0.439. The first-order valence-electron chi connectivity index (χ1n) is 5.97. The van der Waals surface area contributed by atoms with Crippen LogP contribution in [0.15, 0.2) is 0 Å². The van der Waals surface area contributed by atoms with Crippen LogP contribution in [-0.2, 0) is 9.53 Å². The molecule has 1 saturated heterocycles. The molecule has 1 heterocycles. The van der Waals surface area contributed by atoms with Gasteiger partial charge in [-0.3, -0.25) is 14.1 Å². The van der Waals surface area contributed by atoms with Gasteiger partial charge in [0.05, 0.1) is 6.67 Å². The molecule has 0 N–H and O–H groups in total. The van der Waals surface area contributed by atoms with E-state index >= 15 is 0 Å². The van der Waals surface area contributed by atoms with Crippen LogP contribution in [0, 0.1) is 0 Å². The monoisotopic (exact) mass is 231 g/mol. The number of ether oxygens (including phenoxy) is 1. The molecule has 4 heteroatoms. The summed E-state index contributed by atoms with van der Waals surface area (Å²) in [4.78, 5) is 13.9. The van der Waals surface area contributed by atoms with Gasteiger partial charge < -0.3 is 4.74 Å². The van der Waals surface area contributed by atoms with Crippen LogP contribution in [0.2, 0.25) is 0 Å². The van der Waals surface area contributed by atoms with Crippen LogP contribution < -0.4 is 0 Å². The molecule has 1 rings (SSSR count). The maximum absolute atomic E-state index is 12.1. The van der Waals surface area contributed by atoms with Crippen LogP contribution >= 0.6 is 0 Å². The Hall–Kier alpha value is -0.640. The molecule has 16 heavy (non-hydrogen) atoms. The number of esters is 1. The summed E-state index contributed by atoms with van der Waals surface area (Å²) in [6, 6.07) is -0.161. The summed E-state index contributed by atoms with van der Waals surface area (Å²) in [6.07, 6.45) is 2.33. The zero-order valence-corrected chi connectivity index (χ0v) is 10.5. The first kappa shape index (κ1) is 13.4. The van der Waals surface area contributed by atoms with Crippen LogP contribution in [0.1, 0.15) is 40.0 Å². The van der Waals surface area contributed by atoms with Gasteiger partial charge in [0, 0.05) is 6.54 Å². The van der Waals surface area contributed by atoms with Crippen molar-refractivity contribution < 1.29 is 13.9 Å². The van der Waals surface area contributed by atoms with E-state index in [2.05, 4.69) is 0 Å². The minimum absolute atomic E-state index is 0.161. The number of rotatable bonds is 4. The summed E-state index contributed by atoms with van der Waals surface area (Å²) in [6.45, 7) is 6.81. The Balaban J connectivity index is 2.47. The van der Waals surface area contributed by atoms with Crippen molar-refractivity contribution in [3.8, 4) is 0 Å². The molecular weight excluding hydrogens is 209 g/mol. The summed E-state index contributed by atoms with van der Waals surface area (Å²) < 4.78 is 17.5. The summed E-state index contributed by atoms with van der Waals surface area (Å²) in [7, 11) is 0. The fraction of sp³-hybridized carbons (Fsp3) is 0.917. The SMILES string of the molecule is CC(C)(C)OC(=O)[C@H]1CCCN1CCCF. The van der Waals surface area contributed by atoms with Crippen molar-refractivity contribution in [3.05, 3.63) is 0 Å². The third-order valence-corrected chi connectivity index (χ3v) is 2.62. The van der Waals surface area contributed by atoms with Crippen molar-refractivity contribution in [1.82, 2.24) is 4.90 Å². The predicted octanol–water partition coefficient (Wildman–Crippen LogP) is 2.15. The van der Waals surface area contributed by atoms with E-state index < -0.39 is 5.60 Å². The van der Waals surface area contributed by atoms with Crippen molar-refractivity contribution in [2.75, 3.05) is 19.8 Å². The average molecular weight is 231 g/mol. The Morgan fingerprint density at radius 3 is 2.75 bits per heavy atom. The second-order valence-electron chi connectivity index (χ2n) is 5.27. The Morgan fingerprint density at radius 2 is 2.19 bits per heavy atom. The van der Waals surface area contributed by atoms with E-state index in [1.807, 2.05) is 25.7 Å². The van der Waals surface area contributed by atoms with E-state index in [0.717, 1.165) is 19.4 Å². The summed E-state index contributed by atoms with van der Waals surface area (Å²) in [5.41, 5.74) is -0.439. The van der Waals surface area contributed by atoms with Gasteiger partial charge in [0.1, 0.15) is 11.6 Å². The maximum atomic E-state index is 12.1. The van der Waals surface area contributed by atoms with E-state index in [4.69, 9.17) is 4.74 Å². The lowest BCUT2D eigenvalue weighted by atomic mass is 10.1. The van der Waals surface area contributed by atoms with E-state index in [9.17, 15) is 9.18 Å². The van der Waals surface area contributed by atoms with E-state index in [-0.39, 0.29) is 18.7 Å². The van der Waals surface area contributed by atoms with Crippen molar-refractivity contribution in [1.29, 1.82) is 0 Å². The quantitative estimate of drug-likeness (QED) is 0.694. The van der Waals surface area contributed by atoms with Crippen molar-refractivity contribution in [2.24, 2.45) is 0 Å². The van der Waals surface area contributed by atoms with Crippen LogP contribution in [0.5, 0.6) is 0 Å². The van der Waals surface area contributed by atoms with Gasteiger partial charge in [-0.1, -0.05) is 0 Å². The first-order chi connectivity index (χ1) is 7.44. The molecular formula is C12H22FNO2. The highest BCUT2D eigenvalue weighted by molar-refractivity contribution is 5.76. The largest absolute Gasteiger partial charge is 0.459 e. The molecule has 1 atom stereocenters. The van der Waals surface area contributed by atoms with E-state index in [0.29, 0.717) is 13.0 Å². The van der Waals surface area contributed by atoms with Gasteiger partial charge in [-0.05, 0) is 46.6 Å². The number of carbonyl (C=O) groups excluding carboxylic acids is 1. The number of nitrogens with zero attached hydrogens (tertiary/aromatic N) is 1. The molecule has 1 aliphatic rings. The second-order valence-corrected chi connectivity index (χ2v) is 5.27. The highest BCUT2D eigenvalue weighted by Gasteiger charge is 2.33. The fourth-order valence-electron chi connectivity index (χ4n) is 1.99. The second kappa shape index (κ2) is 5.62. The van der Waals surface area contributed by atoms with Gasteiger partial charge in [0.25, 0.3) is 0 Å². The summed E-state index contributed by atoms with van der Waals surface area (Å²) in [5, 5.41) is 0. The molecule has 94 valence electrons. The minimum Gasteiger partial charge on any atom is -0.459 e. The molecule has 1 fully saturated rings. The third-order valence-electron chi connectivity index (χ3n) is 2.62. The molecule has 1 aliphatic heterocycles. The molecule has 0 unspecified atom stereocenters. The highest BCUT2D eigenvalue weighted by atomic mass is 19.1. The van der Waals surface area contributed by atoms with Crippen LogP contribution in [-0.4, -0.2) is 42.3 Å². The number of halogens is 1. The van der Waals surface area contributed by atoms with Crippen LogP contribution in [0.3, 0.4) is 0 Å². The molecule has 0 saturated carbocycles. The van der Waals surface area contributed by atoms with Crippen molar-refractivity contribution >= 4 is 5.97 Å². The highest BCUT2D eigenvalue weighted by Crippen LogP contribution is 2.21. The van der Waals surface area contributed by atoms with Gasteiger partial charge >= 0.3 is 5.97 Å². The van der Waals surface area contributed by atoms with Gasteiger partial charge in [0.15, 0.2) is 0 Å². The Kier molecular flexibility index (Phi) is 4.71. The standard InChI is InChI=1S/C12H22FNO2/c1-12(2,3)16-11(15)10-6-4-8-14(10)9-5-7-13/h10H,4-9H2,1-3H3/t10-/m1/s1. The van der Waals surface area contributed by atoms with Crippen LogP contribution in [0.4, 0.5) is 4.39 Å². The molecule has 3 nitrogen and oxygen atoms in total. The normalized spacial score (nSPS) is 22.4. The molecule has 0 aromatic rings. The zero-order valence-electron chi connectivity index (χ0n) is 10.5. The van der Waals surface area contributed by atoms with Gasteiger partial charge in [-0.15, -0.1) is 0 Å². The first-order valence-corrected chi connectivity index (χ1v) is 5.97. The molecule has 0 aromatic carbocycles. The van der Waals surface area contributed by atoms with E-state index in [1.165, 1.54) is 0 Å². The average Bonchev–Trinajstić information content (AvgIpc) is 2.59. The molecule has 0 aliphatic carbocycles. The van der Waals surface area contributed by atoms with Gasteiger partial charge in [-0.25, -0.2) is 0 Å².